The van der Waals surface area contributed by atoms with Crippen LogP contribution < -0.4 is 4.74 Å². The fraction of sp³-hybridized carbons (Fsp3) is 0.222. The lowest BCUT2D eigenvalue weighted by atomic mass is 10.1. The number of aliphatic carboxylic acids is 1. The van der Waals surface area contributed by atoms with Crippen molar-refractivity contribution in [2.45, 2.75) is 6.17 Å². The lowest BCUT2D eigenvalue weighted by Gasteiger charge is -2.08. The van der Waals surface area contributed by atoms with Gasteiger partial charge in [0.15, 0.2) is 0 Å². The molecule has 0 spiro atoms. The largest absolute Gasteiger partial charge is 0.496 e. The van der Waals surface area contributed by atoms with Gasteiger partial charge >= 0.3 is 5.97 Å². The highest BCUT2D eigenvalue weighted by Gasteiger charge is 2.21. The van der Waals surface area contributed by atoms with Gasteiger partial charge in [0.05, 0.1) is 7.11 Å². The Hall–Kier alpha value is -1.58. The van der Waals surface area contributed by atoms with Gasteiger partial charge in [-0.25, -0.2) is 9.18 Å². The summed E-state index contributed by atoms with van der Waals surface area (Å²) in [5.74, 6) is -1.26. The summed E-state index contributed by atoms with van der Waals surface area (Å²) in [6.07, 6.45) is -2.03. The molecule has 0 aliphatic rings. The molecule has 0 radical (unpaired) electrons. The third-order valence-electron chi connectivity index (χ3n) is 1.63. The Balaban J connectivity index is 3.05. The van der Waals surface area contributed by atoms with E-state index in [0.29, 0.717) is 0 Å². The van der Waals surface area contributed by atoms with Crippen LogP contribution in [-0.4, -0.2) is 18.2 Å². The second-order valence-electron chi connectivity index (χ2n) is 2.44. The number of ether oxygens (including phenoxy) is 1. The second kappa shape index (κ2) is 3.89. The van der Waals surface area contributed by atoms with E-state index in [2.05, 4.69) is 0 Å². The topological polar surface area (TPSA) is 46.5 Å². The monoisotopic (exact) mass is 184 g/mol. The van der Waals surface area contributed by atoms with Crippen molar-refractivity contribution in [1.29, 1.82) is 0 Å². The number of hydrogen-bond donors (Lipinski definition) is 1. The van der Waals surface area contributed by atoms with E-state index in [4.69, 9.17) is 9.84 Å². The number of benzene rings is 1. The van der Waals surface area contributed by atoms with Crippen LogP contribution in [0, 0.1) is 0 Å². The molecule has 0 amide bonds. The SMILES string of the molecule is COc1ccccc1C(F)C(=O)O. The van der Waals surface area contributed by atoms with Crippen LogP contribution in [-0.2, 0) is 4.79 Å². The Labute approximate surface area is 74.8 Å². The first-order valence-corrected chi connectivity index (χ1v) is 3.66. The van der Waals surface area contributed by atoms with Crippen molar-refractivity contribution in [3.8, 4) is 5.75 Å². The molecule has 0 aliphatic heterocycles. The minimum absolute atomic E-state index is 0.0394. The predicted octanol–water partition coefficient (Wildman–Crippen LogP) is 1.79. The number of halogens is 1. The van der Waals surface area contributed by atoms with Crippen LogP contribution >= 0.6 is 0 Å². The van der Waals surface area contributed by atoms with Crippen LogP contribution in [0.25, 0.3) is 0 Å². The number of rotatable bonds is 3. The van der Waals surface area contributed by atoms with Crippen molar-refractivity contribution in [2.75, 3.05) is 7.11 Å². The molecule has 3 nitrogen and oxygen atoms in total. The minimum atomic E-state index is -2.03. The summed E-state index contributed by atoms with van der Waals surface area (Å²) in [5.41, 5.74) is 0.0394. The smallest absolute Gasteiger partial charge is 0.343 e. The van der Waals surface area contributed by atoms with Crippen molar-refractivity contribution in [2.24, 2.45) is 0 Å². The van der Waals surface area contributed by atoms with Crippen LogP contribution in [0.3, 0.4) is 0 Å². The van der Waals surface area contributed by atoms with Crippen molar-refractivity contribution in [3.05, 3.63) is 29.8 Å². The Bertz CT molecular complexity index is 311. The van der Waals surface area contributed by atoms with E-state index in [1.165, 1.54) is 19.2 Å². The fourth-order valence-corrected chi connectivity index (χ4v) is 1.01. The molecule has 13 heavy (non-hydrogen) atoms. The molecule has 0 fully saturated rings. The van der Waals surface area contributed by atoms with Gasteiger partial charge in [-0.3, -0.25) is 0 Å². The highest BCUT2D eigenvalue weighted by Crippen LogP contribution is 2.27. The van der Waals surface area contributed by atoms with Crippen LogP contribution in [0.2, 0.25) is 0 Å². The normalized spacial score (nSPS) is 12.2. The third kappa shape index (κ3) is 1.96. The average molecular weight is 184 g/mol. The number of alkyl halides is 1. The number of hydrogen-bond acceptors (Lipinski definition) is 2. The zero-order chi connectivity index (χ0) is 9.84. The molecule has 0 aliphatic carbocycles. The van der Waals surface area contributed by atoms with E-state index in [-0.39, 0.29) is 11.3 Å². The molecule has 0 heterocycles. The van der Waals surface area contributed by atoms with Gasteiger partial charge in [-0.2, -0.15) is 0 Å². The van der Waals surface area contributed by atoms with Crippen LogP contribution in [0.1, 0.15) is 11.7 Å². The summed E-state index contributed by atoms with van der Waals surface area (Å²) >= 11 is 0. The number of carbonyl (C=O) groups is 1. The van der Waals surface area contributed by atoms with E-state index >= 15 is 0 Å². The van der Waals surface area contributed by atoms with Crippen LogP contribution in [0.4, 0.5) is 4.39 Å². The van der Waals surface area contributed by atoms with E-state index in [9.17, 15) is 9.18 Å². The van der Waals surface area contributed by atoms with Crippen LogP contribution in [0.5, 0.6) is 5.75 Å². The van der Waals surface area contributed by atoms with Gasteiger partial charge in [-0.05, 0) is 6.07 Å². The standard InChI is InChI=1S/C9H9FO3/c1-13-7-5-3-2-4-6(7)8(10)9(11)12/h2-5,8H,1H3,(H,11,12). The van der Waals surface area contributed by atoms with Crippen molar-refractivity contribution >= 4 is 5.97 Å². The quantitative estimate of drug-likeness (QED) is 0.778. The minimum Gasteiger partial charge on any atom is -0.496 e. The third-order valence-corrected chi connectivity index (χ3v) is 1.63. The number of carboxylic acid groups (broad SMARTS) is 1. The molecule has 1 atom stereocenters. The summed E-state index contributed by atoms with van der Waals surface area (Å²) in [6, 6.07) is 6.12. The van der Waals surface area contributed by atoms with Gasteiger partial charge in [-0.15, -0.1) is 0 Å². The highest BCUT2D eigenvalue weighted by atomic mass is 19.1. The van der Waals surface area contributed by atoms with E-state index < -0.39 is 12.1 Å². The second-order valence-corrected chi connectivity index (χ2v) is 2.44. The van der Waals surface area contributed by atoms with Gasteiger partial charge < -0.3 is 9.84 Å². The molecule has 1 N–H and O–H groups in total. The van der Waals surface area contributed by atoms with E-state index in [1.807, 2.05) is 0 Å². The average Bonchev–Trinajstić information content (AvgIpc) is 2.16. The van der Waals surface area contributed by atoms with Gasteiger partial charge in [0, 0.05) is 5.56 Å². The lowest BCUT2D eigenvalue weighted by Crippen LogP contribution is -2.07. The van der Waals surface area contributed by atoms with Crippen molar-refractivity contribution < 1.29 is 19.0 Å². The summed E-state index contributed by atoms with van der Waals surface area (Å²) in [6.45, 7) is 0. The maximum Gasteiger partial charge on any atom is 0.343 e. The predicted molar refractivity (Wildman–Crippen MR) is 44.5 cm³/mol. The Morgan fingerprint density at radius 1 is 1.54 bits per heavy atom. The van der Waals surface area contributed by atoms with Gasteiger partial charge in [0.2, 0.25) is 6.17 Å². The summed E-state index contributed by atoms with van der Waals surface area (Å²) in [7, 11) is 1.37. The zero-order valence-electron chi connectivity index (χ0n) is 7.03. The molecule has 0 bridgehead atoms. The first-order valence-electron chi connectivity index (χ1n) is 3.66. The first-order chi connectivity index (χ1) is 6.16. The molecular formula is C9H9FO3. The van der Waals surface area contributed by atoms with Gasteiger partial charge in [0.1, 0.15) is 5.75 Å². The molecule has 1 aromatic rings. The Morgan fingerprint density at radius 3 is 2.69 bits per heavy atom. The molecular weight excluding hydrogens is 175 g/mol. The van der Waals surface area contributed by atoms with Gasteiger partial charge in [-0.1, -0.05) is 18.2 Å². The highest BCUT2D eigenvalue weighted by molar-refractivity contribution is 5.75. The molecule has 4 heteroatoms. The Morgan fingerprint density at radius 2 is 2.15 bits per heavy atom. The lowest BCUT2D eigenvalue weighted by molar-refractivity contribution is -0.143. The maximum absolute atomic E-state index is 13.0. The number of methoxy groups -OCH3 is 1. The number of para-hydroxylation sites is 1. The van der Waals surface area contributed by atoms with Gasteiger partial charge in [0.25, 0.3) is 0 Å². The molecule has 1 rings (SSSR count). The molecule has 0 aromatic heterocycles. The van der Waals surface area contributed by atoms with E-state index in [1.54, 1.807) is 12.1 Å². The van der Waals surface area contributed by atoms with Crippen molar-refractivity contribution in [1.82, 2.24) is 0 Å². The maximum atomic E-state index is 13.0. The Kier molecular flexibility index (Phi) is 2.84. The summed E-state index contributed by atoms with van der Waals surface area (Å²) < 4.78 is 17.8. The summed E-state index contributed by atoms with van der Waals surface area (Å²) in [5, 5.41) is 8.42. The summed E-state index contributed by atoms with van der Waals surface area (Å²) in [4.78, 5) is 10.3. The molecule has 1 aromatic carbocycles. The first kappa shape index (κ1) is 9.51. The zero-order valence-corrected chi connectivity index (χ0v) is 7.03. The van der Waals surface area contributed by atoms with Crippen molar-refractivity contribution in [3.63, 3.8) is 0 Å². The van der Waals surface area contributed by atoms with E-state index in [0.717, 1.165) is 0 Å². The molecule has 0 saturated carbocycles. The fourth-order valence-electron chi connectivity index (χ4n) is 1.01. The molecule has 1 unspecified atom stereocenters. The number of carboxylic acids is 1. The molecule has 0 saturated heterocycles. The van der Waals surface area contributed by atoms with Crippen LogP contribution in [0.15, 0.2) is 24.3 Å². The molecule has 70 valence electrons.